The average Bonchev–Trinajstić information content (AvgIpc) is 3.54. The first kappa shape index (κ1) is 19.3. The van der Waals surface area contributed by atoms with Crippen LogP contribution in [-0.2, 0) is 4.79 Å². The van der Waals surface area contributed by atoms with Gasteiger partial charge in [-0.2, -0.15) is 5.10 Å². The molecule has 0 atom stereocenters. The normalized spacial score (nSPS) is 18.1. The standard InChI is InChI=1S/C20H20ClN5O3/c21-15-4-2-1-3-14(15)18(27)26-11-9-25(10-12-26)17-5-8-23-24-16(17)13-22-20(6-7-20)19(28)29/h1-5,8,13H,6-7,9-12H2,(H,28,29). The number of halogens is 1. The van der Waals surface area contributed by atoms with E-state index in [1.807, 2.05) is 6.07 Å². The van der Waals surface area contributed by atoms with Gasteiger partial charge in [0.1, 0.15) is 5.69 Å². The Balaban J connectivity index is 1.45. The summed E-state index contributed by atoms with van der Waals surface area (Å²) >= 11 is 6.15. The Kier molecular flexibility index (Phi) is 5.19. The van der Waals surface area contributed by atoms with Crippen LogP contribution in [0.1, 0.15) is 28.9 Å². The summed E-state index contributed by atoms with van der Waals surface area (Å²) in [7, 11) is 0. The van der Waals surface area contributed by atoms with Gasteiger partial charge in [0, 0.05) is 26.2 Å². The fraction of sp³-hybridized carbons (Fsp3) is 0.350. The van der Waals surface area contributed by atoms with Crippen molar-refractivity contribution in [2.75, 3.05) is 31.1 Å². The predicted octanol–water partition coefficient (Wildman–Crippen LogP) is 2.13. The summed E-state index contributed by atoms with van der Waals surface area (Å²) in [5.41, 5.74) is 0.861. The summed E-state index contributed by atoms with van der Waals surface area (Å²) in [4.78, 5) is 32.2. The number of carboxylic acids is 1. The Hall–Kier alpha value is -3.00. The van der Waals surface area contributed by atoms with Crippen LogP contribution in [-0.4, -0.2) is 70.0 Å². The quantitative estimate of drug-likeness (QED) is 0.754. The maximum Gasteiger partial charge on any atom is 0.331 e. The molecule has 1 saturated heterocycles. The molecule has 2 aromatic rings. The summed E-state index contributed by atoms with van der Waals surface area (Å²) in [6.45, 7) is 2.32. The number of carboxylic acid groups (broad SMARTS) is 1. The second-order valence-corrected chi connectivity index (χ2v) is 7.56. The van der Waals surface area contributed by atoms with Gasteiger partial charge >= 0.3 is 5.97 Å². The number of amides is 1. The summed E-state index contributed by atoms with van der Waals surface area (Å²) in [5.74, 6) is -0.993. The molecule has 150 valence electrons. The van der Waals surface area contributed by atoms with Crippen molar-refractivity contribution in [1.29, 1.82) is 0 Å². The van der Waals surface area contributed by atoms with Crippen LogP contribution in [0.2, 0.25) is 5.02 Å². The van der Waals surface area contributed by atoms with Crippen LogP contribution in [0.15, 0.2) is 41.5 Å². The average molecular weight is 414 g/mol. The Bertz CT molecular complexity index is 968. The Labute approximate surface area is 172 Å². The molecule has 0 bridgehead atoms. The number of piperazine rings is 1. The van der Waals surface area contributed by atoms with Crippen molar-refractivity contribution in [1.82, 2.24) is 15.1 Å². The van der Waals surface area contributed by atoms with Gasteiger partial charge in [0.2, 0.25) is 0 Å². The van der Waals surface area contributed by atoms with Gasteiger partial charge in [0.25, 0.3) is 5.91 Å². The van der Waals surface area contributed by atoms with E-state index >= 15 is 0 Å². The lowest BCUT2D eigenvalue weighted by molar-refractivity contribution is -0.139. The third-order valence-electron chi connectivity index (χ3n) is 5.29. The molecule has 2 heterocycles. The molecule has 2 aliphatic rings. The molecule has 1 amide bonds. The number of rotatable bonds is 5. The Morgan fingerprint density at radius 1 is 1.14 bits per heavy atom. The first-order valence-electron chi connectivity index (χ1n) is 9.39. The topological polar surface area (TPSA) is 99.0 Å². The Morgan fingerprint density at radius 2 is 1.86 bits per heavy atom. The number of hydrogen-bond donors (Lipinski definition) is 1. The highest BCUT2D eigenvalue weighted by Gasteiger charge is 2.50. The van der Waals surface area contributed by atoms with Gasteiger partial charge in [-0.05, 0) is 31.0 Å². The smallest absolute Gasteiger partial charge is 0.331 e. The van der Waals surface area contributed by atoms with Crippen molar-refractivity contribution in [3.8, 4) is 0 Å². The molecule has 2 fully saturated rings. The summed E-state index contributed by atoms with van der Waals surface area (Å²) in [6, 6.07) is 8.87. The van der Waals surface area contributed by atoms with Gasteiger partial charge in [0.05, 0.1) is 28.7 Å². The highest BCUT2D eigenvalue weighted by molar-refractivity contribution is 6.33. The number of carbonyl (C=O) groups is 2. The minimum atomic E-state index is -1.01. The van der Waals surface area contributed by atoms with Crippen molar-refractivity contribution >= 4 is 35.4 Å². The molecule has 1 aliphatic carbocycles. The lowest BCUT2D eigenvalue weighted by Crippen LogP contribution is -2.49. The van der Waals surface area contributed by atoms with E-state index < -0.39 is 11.5 Å². The molecule has 4 rings (SSSR count). The number of hydrogen-bond acceptors (Lipinski definition) is 6. The lowest BCUT2D eigenvalue weighted by Gasteiger charge is -2.36. The molecule has 9 heteroatoms. The van der Waals surface area contributed by atoms with E-state index in [0.717, 1.165) is 5.69 Å². The zero-order chi connectivity index (χ0) is 20.4. The Morgan fingerprint density at radius 3 is 2.52 bits per heavy atom. The fourth-order valence-electron chi connectivity index (χ4n) is 3.35. The van der Waals surface area contributed by atoms with E-state index in [2.05, 4.69) is 20.1 Å². The molecule has 8 nitrogen and oxygen atoms in total. The van der Waals surface area contributed by atoms with Crippen LogP contribution < -0.4 is 4.90 Å². The van der Waals surface area contributed by atoms with E-state index in [0.29, 0.717) is 55.3 Å². The monoisotopic (exact) mass is 413 g/mol. The number of nitrogens with zero attached hydrogens (tertiary/aromatic N) is 5. The van der Waals surface area contributed by atoms with Crippen molar-refractivity contribution < 1.29 is 14.7 Å². The molecule has 29 heavy (non-hydrogen) atoms. The van der Waals surface area contributed by atoms with Crippen molar-refractivity contribution in [3.63, 3.8) is 0 Å². The third-order valence-corrected chi connectivity index (χ3v) is 5.62. The molecule has 1 N–H and O–H groups in total. The van der Waals surface area contributed by atoms with Gasteiger partial charge in [0.15, 0.2) is 5.54 Å². The van der Waals surface area contributed by atoms with Crippen molar-refractivity contribution in [2.45, 2.75) is 18.4 Å². The predicted molar refractivity (Wildman–Crippen MR) is 109 cm³/mol. The number of aliphatic carboxylic acids is 1. The van der Waals surface area contributed by atoms with Crippen molar-refractivity contribution in [2.24, 2.45) is 4.99 Å². The first-order valence-corrected chi connectivity index (χ1v) is 9.77. The van der Waals surface area contributed by atoms with Gasteiger partial charge in [-0.3, -0.25) is 9.79 Å². The maximum absolute atomic E-state index is 12.7. The molecule has 0 spiro atoms. The highest BCUT2D eigenvalue weighted by Crippen LogP contribution is 2.40. The lowest BCUT2D eigenvalue weighted by atomic mass is 10.1. The van der Waals surface area contributed by atoms with Crippen LogP contribution >= 0.6 is 11.6 Å². The molecule has 1 aromatic carbocycles. The van der Waals surface area contributed by atoms with Gasteiger partial charge in [-0.1, -0.05) is 23.7 Å². The van der Waals surface area contributed by atoms with E-state index in [4.69, 9.17) is 11.6 Å². The number of aliphatic imine (C=N–C) groups is 1. The second kappa shape index (κ2) is 7.79. The van der Waals surface area contributed by atoms with E-state index in [-0.39, 0.29) is 5.91 Å². The molecule has 1 saturated carbocycles. The molecule has 1 aliphatic heterocycles. The van der Waals surface area contributed by atoms with Gasteiger partial charge < -0.3 is 14.9 Å². The maximum atomic E-state index is 12.7. The molecule has 0 radical (unpaired) electrons. The second-order valence-electron chi connectivity index (χ2n) is 7.16. The molecule has 1 aromatic heterocycles. The zero-order valence-electron chi connectivity index (χ0n) is 15.7. The SMILES string of the molecule is O=C(c1ccccc1Cl)N1CCN(c2ccnnc2C=NC2(C(=O)O)CC2)CC1. The van der Waals surface area contributed by atoms with Crippen molar-refractivity contribution in [3.05, 3.63) is 52.8 Å². The highest BCUT2D eigenvalue weighted by atomic mass is 35.5. The zero-order valence-corrected chi connectivity index (χ0v) is 16.4. The van der Waals surface area contributed by atoms with Crippen LogP contribution in [0.25, 0.3) is 0 Å². The summed E-state index contributed by atoms with van der Waals surface area (Å²) < 4.78 is 0. The molecular formula is C20H20ClN5O3. The number of carbonyl (C=O) groups excluding carboxylic acids is 1. The van der Waals surface area contributed by atoms with Crippen LogP contribution in [0.5, 0.6) is 0 Å². The number of benzene rings is 1. The van der Waals surface area contributed by atoms with Crippen LogP contribution in [0, 0.1) is 0 Å². The number of aromatic nitrogens is 2. The van der Waals surface area contributed by atoms with E-state index in [9.17, 15) is 14.7 Å². The fourth-order valence-corrected chi connectivity index (χ4v) is 3.57. The van der Waals surface area contributed by atoms with E-state index in [1.165, 1.54) is 6.21 Å². The van der Waals surface area contributed by atoms with Crippen LogP contribution in [0.4, 0.5) is 5.69 Å². The van der Waals surface area contributed by atoms with Gasteiger partial charge in [-0.15, -0.1) is 5.10 Å². The number of anilines is 1. The van der Waals surface area contributed by atoms with Gasteiger partial charge in [-0.25, -0.2) is 4.79 Å². The minimum Gasteiger partial charge on any atom is -0.479 e. The minimum absolute atomic E-state index is 0.0815. The van der Waals surface area contributed by atoms with Crippen LogP contribution in [0.3, 0.4) is 0 Å². The first-order chi connectivity index (χ1) is 14.0. The summed E-state index contributed by atoms with van der Waals surface area (Å²) in [5, 5.41) is 17.8. The molecule has 0 unspecified atom stereocenters. The molecular weight excluding hydrogens is 394 g/mol. The largest absolute Gasteiger partial charge is 0.479 e. The summed E-state index contributed by atoms with van der Waals surface area (Å²) in [6.07, 6.45) is 4.18. The third kappa shape index (κ3) is 3.93. The van der Waals surface area contributed by atoms with E-state index in [1.54, 1.807) is 35.4 Å².